The van der Waals surface area contributed by atoms with Gasteiger partial charge in [0.15, 0.2) is 0 Å². The highest BCUT2D eigenvalue weighted by atomic mass is 16.6. The standard InChI is InChI=1S/C15H20N2O2/c1-11-7-8-12(10-13(11)16)6-5-9-17-14(18)19-15(2,3)4/h7-8,10H,9,16H2,1-4H3,(H,17,18). The van der Waals surface area contributed by atoms with Crippen molar-refractivity contribution in [2.24, 2.45) is 0 Å². The highest BCUT2D eigenvalue weighted by Crippen LogP contribution is 2.11. The lowest BCUT2D eigenvalue weighted by Crippen LogP contribution is -2.32. The highest BCUT2D eigenvalue weighted by molar-refractivity contribution is 5.68. The number of rotatable bonds is 1. The molecular weight excluding hydrogens is 240 g/mol. The van der Waals surface area contributed by atoms with Crippen LogP contribution in [0.25, 0.3) is 0 Å². The van der Waals surface area contributed by atoms with Gasteiger partial charge in [-0.25, -0.2) is 4.79 Å². The van der Waals surface area contributed by atoms with Crippen LogP contribution in [0, 0.1) is 18.8 Å². The van der Waals surface area contributed by atoms with E-state index in [0.717, 1.165) is 11.1 Å². The molecule has 0 saturated heterocycles. The predicted octanol–water partition coefficient (Wildman–Crippen LogP) is 2.45. The smallest absolute Gasteiger partial charge is 0.408 e. The third-order valence-corrected chi connectivity index (χ3v) is 2.23. The number of alkyl carbamates (subject to hydrolysis) is 1. The van der Waals surface area contributed by atoms with Crippen LogP contribution in [0.4, 0.5) is 10.5 Å². The van der Waals surface area contributed by atoms with Crippen molar-refractivity contribution in [2.75, 3.05) is 12.3 Å². The maximum Gasteiger partial charge on any atom is 0.408 e. The number of nitrogens with two attached hydrogens (primary N) is 1. The molecule has 0 aliphatic rings. The first-order chi connectivity index (χ1) is 8.78. The van der Waals surface area contributed by atoms with Crippen LogP contribution in [-0.2, 0) is 4.74 Å². The Labute approximate surface area is 114 Å². The molecule has 0 aliphatic heterocycles. The number of nitrogens with one attached hydrogen (secondary N) is 1. The van der Waals surface area contributed by atoms with Gasteiger partial charge >= 0.3 is 6.09 Å². The van der Waals surface area contributed by atoms with Crippen molar-refractivity contribution in [3.05, 3.63) is 29.3 Å². The minimum Gasteiger partial charge on any atom is -0.444 e. The van der Waals surface area contributed by atoms with Gasteiger partial charge < -0.3 is 15.8 Å². The number of hydrogen-bond donors (Lipinski definition) is 2. The molecule has 19 heavy (non-hydrogen) atoms. The van der Waals surface area contributed by atoms with Crippen LogP contribution in [-0.4, -0.2) is 18.2 Å². The van der Waals surface area contributed by atoms with E-state index in [1.165, 1.54) is 0 Å². The van der Waals surface area contributed by atoms with E-state index < -0.39 is 11.7 Å². The number of carbonyl (C=O) groups is 1. The molecule has 4 heteroatoms. The third-order valence-electron chi connectivity index (χ3n) is 2.23. The summed E-state index contributed by atoms with van der Waals surface area (Å²) >= 11 is 0. The Morgan fingerprint density at radius 1 is 1.42 bits per heavy atom. The zero-order chi connectivity index (χ0) is 14.5. The van der Waals surface area contributed by atoms with Crippen molar-refractivity contribution in [1.82, 2.24) is 5.32 Å². The van der Waals surface area contributed by atoms with E-state index in [0.29, 0.717) is 5.69 Å². The van der Waals surface area contributed by atoms with Gasteiger partial charge in [-0.2, -0.15) is 0 Å². The molecule has 1 amide bonds. The molecule has 4 nitrogen and oxygen atoms in total. The quantitative estimate of drug-likeness (QED) is 0.602. The van der Waals surface area contributed by atoms with Crippen LogP contribution in [0.5, 0.6) is 0 Å². The van der Waals surface area contributed by atoms with Gasteiger partial charge in [0.05, 0.1) is 6.54 Å². The molecular formula is C15H20N2O2. The lowest BCUT2D eigenvalue weighted by atomic mass is 10.1. The third kappa shape index (κ3) is 5.82. The summed E-state index contributed by atoms with van der Waals surface area (Å²) in [7, 11) is 0. The number of amides is 1. The Hall–Kier alpha value is -2.15. The van der Waals surface area contributed by atoms with Gasteiger partial charge in [-0.1, -0.05) is 17.9 Å². The first-order valence-electron chi connectivity index (χ1n) is 6.10. The fraction of sp³-hybridized carbons (Fsp3) is 0.400. The maximum atomic E-state index is 11.3. The van der Waals surface area contributed by atoms with Crippen molar-refractivity contribution in [1.29, 1.82) is 0 Å². The summed E-state index contributed by atoms with van der Waals surface area (Å²) in [6.45, 7) is 7.62. The van der Waals surface area contributed by atoms with Gasteiger partial charge in [0, 0.05) is 11.3 Å². The van der Waals surface area contributed by atoms with Crippen molar-refractivity contribution >= 4 is 11.8 Å². The van der Waals surface area contributed by atoms with Crippen LogP contribution in [0.2, 0.25) is 0 Å². The molecule has 0 fully saturated rings. The Balaban J connectivity index is 2.47. The molecule has 0 unspecified atom stereocenters. The van der Waals surface area contributed by atoms with Gasteiger partial charge in [0.1, 0.15) is 5.60 Å². The van der Waals surface area contributed by atoms with Crippen molar-refractivity contribution in [3.63, 3.8) is 0 Å². The van der Waals surface area contributed by atoms with Crippen LogP contribution < -0.4 is 11.1 Å². The Morgan fingerprint density at radius 3 is 2.68 bits per heavy atom. The van der Waals surface area contributed by atoms with Crippen molar-refractivity contribution in [3.8, 4) is 11.8 Å². The van der Waals surface area contributed by atoms with E-state index in [1.54, 1.807) is 0 Å². The van der Waals surface area contributed by atoms with E-state index in [1.807, 2.05) is 45.9 Å². The number of nitrogen functional groups attached to an aromatic ring is 1. The van der Waals surface area contributed by atoms with Crippen LogP contribution in [0.3, 0.4) is 0 Å². The largest absolute Gasteiger partial charge is 0.444 e. The number of carbonyl (C=O) groups excluding carboxylic acids is 1. The minimum absolute atomic E-state index is 0.239. The first kappa shape index (κ1) is 14.9. The minimum atomic E-state index is -0.497. The van der Waals surface area contributed by atoms with E-state index in [9.17, 15) is 4.79 Å². The fourth-order valence-electron chi connectivity index (χ4n) is 1.30. The Kier molecular flexibility index (Phi) is 4.82. The number of anilines is 1. The van der Waals surface area contributed by atoms with Crippen molar-refractivity contribution in [2.45, 2.75) is 33.3 Å². The highest BCUT2D eigenvalue weighted by Gasteiger charge is 2.14. The number of aryl methyl sites for hydroxylation is 1. The fourth-order valence-corrected chi connectivity index (χ4v) is 1.30. The Bertz CT molecular complexity index is 519. The molecule has 1 rings (SSSR count). The van der Waals surface area contributed by atoms with E-state index in [-0.39, 0.29) is 6.54 Å². The van der Waals surface area contributed by atoms with Crippen LogP contribution in [0.1, 0.15) is 31.9 Å². The van der Waals surface area contributed by atoms with E-state index in [4.69, 9.17) is 10.5 Å². The van der Waals surface area contributed by atoms with Gasteiger partial charge in [-0.15, -0.1) is 0 Å². The average Bonchev–Trinajstić information content (AvgIpc) is 2.27. The normalized spacial score (nSPS) is 10.3. The van der Waals surface area contributed by atoms with Gasteiger partial charge in [-0.3, -0.25) is 0 Å². The van der Waals surface area contributed by atoms with Gasteiger partial charge in [0.2, 0.25) is 0 Å². The molecule has 0 bridgehead atoms. The SMILES string of the molecule is Cc1ccc(C#CCNC(=O)OC(C)(C)C)cc1N. The van der Waals surface area contributed by atoms with E-state index >= 15 is 0 Å². The molecule has 1 aromatic carbocycles. The zero-order valence-corrected chi connectivity index (χ0v) is 11.8. The monoisotopic (exact) mass is 260 g/mol. The molecule has 0 spiro atoms. The molecule has 0 atom stereocenters. The summed E-state index contributed by atoms with van der Waals surface area (Å²) in [6.07, 6.45) is -0.467. The second kappa shape index (κ2) is 6.14. The number of benzene rings is 1. The van der Waals surface area contributed by atoms with Crippen LogP contribution >= 0.6 is 0 Å². The van der Waals surface area contributed by atoms with Crippen LogP contribution in [0.15, 0.2) is 18.2 Å². The second-order valence-electron chi connectivity index (χ2n) is 5.23. The maximum absolute atomic E-state index is 11.3. The summed E-state index contributed by atoms with van der Waals surface area (Å²) in [4.78, 5) is 11.3. The average molecular weight is 260 g/mol. The molecule has 1 aromatic rings. The zero-order valence-electron chi connectivity index (χ0n) is 11.8. The van der Waals surface area contributed by atoms with Crippen molar-refractivity contribution < 1.29 is 9.53 Å². The molecule has 0 heterocycles. The summed E-state index contributed by atoms with van der Waals surface area (Å²) in [5.74, 6) is 5.78. The lowest BCUT2D eigenvalue weighted by Gasteiger charge is -2.18. The van der Waals surface area contributed by atoms with Gasteiger partial charge in [0.25, 0.3) is 0 Å². The van der Waals surface area contributed by atoms with Gasteiger partial charge in [-0.05, 0) is 45.4 Å². The first-order valence-corrected chi connectivity index (χ1v) is 6.10. The second-order valence-corrected chi connectivity index (χ2v) is 5.23. The molecule has 0 radical (unpaired) electrons. The molecule has 0 saturated carbocycles. The summed E-state index contributed by atoms with van der Waals surface area (Å²) in [5.41, 5.74) is 7.86. The van der Waals surface area contributed by atoms with E-state index in [2.05, 4.69) is 17.2 Å². The number of hydrogen-bond acceptors (Lipinski definition) is 3. The molecule has 3 N–H and O–H groups in total. The number of ether oxygens (including phenoxy) is 1. The topological polar surface area (TPSA) is 64.3 Å². The summed E-state index contributed by atoms with van der Waals surface area (Å²) in [5, 5.41) is 2.57. The molecule has 102 valence electrons. The summed E-state index contributed by atoms with van der Waals surface area (Å²) in [6, 6.07) is 5.63. The lowest BCUT2D eigenvalue weighted by molar-refractivity contribution is 0.0535. The summed E-state index contributed by atoms with van der Waals surface area (Å²) < 4.78 is 5.09. The molecule has 0 aliphatic carbocycles. The molecule has 0 aromatic heterocycles. The predicted molar refractivity (Wildman–Crippen MR) is 76.7 cm³/mol. The Morgan fingerprint density at radius 2 is 2.11 bits per heavy atom.